The van der Waals surface area contributed by atoms with Crippen molar-refractivity contribution in [1.82, 2.24) is 5.32 Å². The molecule has 2 N–H and O–H groups in total. The lowest BCUT2D eigenvalue weighted by Crippen LogP contribution is -2.31. The molecule has 30 heavy (non-hydrogen) atoms. The van der Waals surface area contributed by atoms with Crippen molar-refractivity contribution in [2.75, 3.05) is 17.6 Å². The Balaban J connectivity index is 1.56. The Morgan fingerprint density at radius 1 is 1.03 bits per heavy atom. The van der Waals surface area contributed by atoms with Gasteiger partial charge in [-0.1, -0.05) is 57.4 Å². The Morgan fingerprint density at radius 2 is 1.80 bits per heavy atom. The van der Waals surface area contributed by atoms with Gasteiger partial charge in [0, 0.05) is 17.1 Å². The summed E-state index contributed by atoms with van der Waals surface area (Å²) >= 11 is 1.42. The Morgan fingerprint density at radius 3 is 2.57 bits per heavy atom. The van der Waals surface area contributed by atoms with Crippen LogP contribution in [-0.4, -0.2) is 24.1 Å². The van der Waals surface area contributed by atoms with Crippen LogP contribution < -0.4 is 10.6 Å². The average Bonchev–Trinajstić information content (AvgIpc) is 2.77. The van der Waals surface area contributed by atoms with E-state index in [-0.39, 0.29) is 11.8 Å². The second-order valence-electron chi connectivity index (χ2n) is 8.33. The molecule has 160 valence electrons. The van der Waals surface area contributed by atoms with Crippen LogP contribution in [0.3, 0.4) is 0 Å². The molecule has 1 aliphatic rings. The number of carbonyl (C=O) groups is 2. The van der Waals surface area contributed by atoms with Gasteiger partial charge in [-0.3, -0.25) is 9.59 Å². The molecule has 0 atom stereocenters. The maximum Gasteiger partial charge on any atom is 0.256 e. The lowest BCUT2D eigenvalue weighted by molar-refractivity contribution is -0.118. The summed E-state index contributed by atoms with van der Waals surface area (Å²) in [5.41, 5.74) is 2.57. The van der Waals surface area contributed by atoms with Crippen LogP contribution >= 0.6 is 11.8 Å². The molecule has 5 heteroatoms. The van der Waals surface area contributed by atoms with Crippen LogP contribution in [0, 0.1) is 5.92 Å². The van der Waals surface area contributed by atoms with Gasteiger partial charge in [0.2, 0.25) is 5.91 Å². The highest BCUT2D eigenvalue weighted by atomic mass is 32.2. The Labute approximate surface area is 184 Å². The van der Waals surface area contributed by atoms with Gasteiger partial charge in [-0.15, -0.1) is 11.8 Å². The molecule has 0 aliphatic heterocycles. The second-order valence-corrected chi connectivity index (χ2v) is 9.34. The summed E-state index contributed by atoms with van der Waals surface area (Å²) in [6.45, 7) is 5.03. The van der Waals surface area contributed by atoms with Gasteiger partial charge in [-0.25, -0.2) is 0 Å². The lowest BCUT2D eigenvalue weighted by atomic mass is 9.89. The van der Waals surface area contributed by atoms with Crippen molar-refractivity contribution in [1.29, 1.82) is 0 Å². The van der Waals surface area contributed by atoms with Gasteiger partial charge in [0.15, 0.2) is 0 Å². The highest BCUT2D eigenvalue weighted by Crippen LogP contribution is 2.25. The lowest BCUT2D eigenvalue weighted by Gasteiger charge is -2.21. The fourth-order valence-corrected chi connectivity index (χ4v) is 4.68. The Hall–Kier alpha value is -2.27. The van der Waals surface area contributed by atoms with E-state index in [9.17, 15) is 9.59 Å². The molecule has 0 spiro atoms. The zero-order chi connectivity index (χ0) is 21.3. The molecule has 0 radical (unpaired) electrons. The first-order chi connectivity index (χ1) is 14.5. The standard InChI is InChI=1S/C25H32N2O2S/c1-18(2)20-11-8-12-21(15-20)27-25(29)22-13-6-7-14-23(22)30-17-24(28)26-16-19-9-4-3-5-10-19/h6-8,11-15,18-19H,3-5,9-10,16-17H2,1-2H3,(H,26,28)(H,27,29). The minimum atomic E-state index is -0.151. The first-order valence-electron chi connectivity index (χ1n) is 10.9. The van der Waals surface area contributed by atoms with E-state index in [1.54, 1.807) is 0 Å². The van der Waals surface area contributed by atoms with Gasteiger partial charge >= 0.3 is 0 Å². The minimum absolute atomic E-state index is 0.0328. The summed E-state index contributed by atoms with van der Waals surface area (Å²) in [5.74, 6) is 1.22. The number of carbonyl (C=O) groups excluding carboxylic acids is 2. The molecular weight excluding hydrogens is 392 g/mol. The summed E-state index contributed by atoms with van der Waals surface area (Å²) in [6.07, 6.45) is 6.31. The number of thioether (sulfide) groups is 1. The topological polar surface area (TPSA) is 58.2 Å². The highest BCUT2D eigenvalue weighted by molar-refractivity contribution is 8.00. The van der Waals surface area contributed by atoms with E-state index >= 15 is 0 Å². The molecular formula is C25H32N2O2S. The highest BCUT2D eigenvalue weighted by Gasteiger charge is 2.16. The van der Waals surface area contributed by atoms with Crippen LogP contribution in [0.4, 0.5) is 5.69 Å². The van der Waals surface area contributed by atoms with Crippen LogP contribution in [-0.2, 0) is 4.79 Å². The van der Waals surface area contributed by atoms with Gasteiger partial charge in [0.1, 0.15) is 0 Å². The minimum Gasteiger partial charge on any atom is -0.355 e. The van der Waals surface area contributed by atoms with Crippen LogP contribution in [0.15, 0.2) is 53.4 Å². The molecule has 1 fully saturated rings. The second kappa shape index (κ2) is 11.2. The third kappa shape index (κ3) is 6.63. The number of hydrogen-bond donors (Lipinski definition) is 2. The predicted octanol–water partition coefficient (Wildman–Crippen LogP) is 5.85. The molecule has 4 nitrogen and oxygen atoms in total. The predicted molar refractivity (Wildman–Crippen MR) is 125 cm³/mol. The molecule has 0 saturated heterocycles. The quantitative estimate of drug-likeness (QED) is 0.523. The summed E-state index contributed by atoms with van der Waals surface area (Å²) < 4.78 is 0. The summed E-state index contributed by atoms with van der Waals surface area (Å²) in [7, 11) is 0. The van der Waals surface area contributed by atoms with Crippen molar-refractivity contribution in [3.63, 3.8) is 0 Å². The first-order valence-corrected chi connectivity index (χ1v) is 11.9. The molecule has 2 aromatic rings. The van der Waals surface area contributed by atoms with E-state index in [2.05, 4.69) is 30.5 Å². The van der Waals surface area contributed by atoms with E-state index in [1.165, 1.54) is 49.4 Å². The molecule has 3 rings (SSSR count). The van der Waals surface area contributed by atoms with Crippen molar-refractivity contribution in [2.24, 2.45) is 5.92 Å². The van der Waals surface area contributed by atoms with Crippen LogP contribution in [0.25, 0.3) is 0 Å². The SMILES string of the molecule is CC(C)c1cccc(NC(=O)c2ccccc2SCC(=O)NCC2CCCCC2)c1. The molecule has 1 aliphatic carbocycles. The normalized spacial score (nSPS) is 14.5. The number of amides is 2. The van der Waals surface area contributed by atoms with E-state index in [0.29, 0.717) is 23.2 Å². The van der Waals surface area contributed by atoms with Crippen LogP contribution in [0.1, 0.15) is 67.8 Å². The number of rotatable bonds is 8. The summed E-state index contributed by atoms with van der Waals surface area (Å²) in [6, 6.07) is 15.4. The maximum atomic E-state index is 12.9. The van der Waals surface area contributed by atoms with Gasteiger partial charge in [-0.2, -0.15) is 0 Å². The number of hydrogen-bond acceptors (Lipinski definition) is 3. The molecule has 2 aromatic carbocycles. The van der Waals surface area contributed by atoms with Crippen molar-refractivity contribution < 1.29 is 9.59 Å². The van der Waals surface area contributed by atoms with Crippen molar-refractivity contribution in [3.8, 4) is 0 Å². The van der Waals surface area contributed by atoms with Crippen molar-refractivity contribution in [3.05, 3.63) is 59.7 Å². The number of anilines is 1. The third-order valence-corrected chi connectivity index (χ3v) is 6.69. The zero-order valence-corrected chi connectivity index (χ0v) is 18.8. The van der Waals surface area contributed by atoms with Gasteiger partial charge < -0.3 is 10.6 Å². The van der Waals surface area contributed by atoms with Gasteiger partial charge in [0.05, 0.1) is 11.3 Å². The van der Waals surface area contributed by atoms with E-state index in [0.717, 1.165) is 17.1 Å². The van der Waals surface area contributed by atoms with E-state index < -0.39 is 0 Å². The largest absolute Gasteiger partial charge is 0.355 e. The summed E-state index contributed by atoms with van der Waals surface area (Å²) in [5, 5.41) is 6.06. The van der Waals surface area contributed by atoms with Crippen molar-refractivity contribution in [2.45, 2.75) is 56.8 Å². The fraction of sp³-hybridized carbons (Fsp3) is 0.440. The third-order valence-electron chi connectivity index (χ3n) is 5.61. The monoisotopic (exact) mass is 424 g/mol. The zero-order valence-electron chi connectivity index (χ0n) is 17.9. The van der Waals surface area contributed by atoms with E-state index in [4.69, 9.17) is 0 Å². The molecule has 0 heterocycles. The van der Waals surface area contributed by atoms with E-state index in [1.807, 2.05) is 42.5 Å². The average molecular weight is 425 g/mol. The smallest absolute Gasteiger partial charge is 0.256 e. The summed E-state index contributed by atoms with van der Waals surface area (Å²) in [4.78, 5) is 26.0. The Kier molecular flexibility index (Phi) is 8.38. The number of nitrogens with one attached hydrogen (secondary N) is 2. The molecule has 2 amide bonds. The maximum absolute atomic E-state index is 12.9. The molecule has 0 unspecified atom stereocenters. The van der Waals surface area contributed by atoms with Crippen molar-refractivity contribution >= 4 is 29.3 Å². The first kappa shape index (κ1) is 22.4. The van der Waals surface area contributed by atoms with Gasteiger partial charge in [0.25, 0.3) is 5.91 Å². The molecule has 0 aromatic heterocycles. The molecule has 1 saturated carbocycles. The van der Waals surface area contributed by atoms with Crippen LogP contribution in [0.5, 0.6) is 0 Å². The van der Waals surface area contributed by atoms with Gasteiger partial charge in [-0.05, 0) is 54.5 Å². The molecule has 0 bridgehead atoms. The Bertz CT molecular complexity index is 860. The van der Waals surface area contributed by atoms with Crippen LogP contribution in [0.2, 0.25) is 0 Å². The fourth-order valence-electron chi connectivity index (χ4n) is 3.80. The number of benzene rings is 2.